The zero-order chi connectivity index (χ0) is 31.2. The Bertz CT molecular complexity index is 1620. The van der Waals surface area contributed by atoms with Crippen LogP contribution in [0.4, 0.5) is 11.6 Å². The summed E-state index contributed by atoms with van der Waals surface area (Å²) in [5.41, 5.74) is 11.7. The maximum atomic E-state index is 12.9. The van der Waals surface area contributed by atoms with Gasteiger partial charge in [0.2, 0.25) is 5.91 Å². The van der Waals surface area contributed by atoms with Crippen LogP contribution in [-0.2, 0) is 4.79 Å². The molecule has 0 bridgehead atoms. The molecule has 2 fully saturated rings. The van der Waals surface area contributed by atoms with Gasteiger partial charge in [-0.3, -0.25) is 14.5 Å². The molecule has 10 heteroatoms. The smallest absolute Gasteiger partial charge is 0.256 e. The van der Waals surface area contributed by atoms with E-state index in [-0.39, 0.29) is 11.8 Å². The number of aryl methyl sites for hydroxylation is 1. The van der Waals surface area contributed by atoms with Crippen LogP contribution in [0.1, 0.15) is 65.3 Å². The summed E-state index contributed by atoms with van der Waals surface area (Å²) in [7, 11) is 2.11. The van der Waals surface area contributed by atoms with Crippen molar-refractivity contribution in [2.45, 2.75) is 45.6 Å². The summed E-state index contributed by atoms with van der Waals surface area (Å²) in [5, 5.41) is 11.9. The van der Waals surface area contributed by atoms with E-state index < -0.39 is 0 Å². The first-order valence-electron chi connectivity index (χ1n) is 14.9. The molecule has 10 nitrogen and oxygen atoms in total. The van der Waals surface area contributed by atoms with E-state index in [1.165, 1.54) is 31.4 Å². The van der Waals surface area contributed by atoms with Crippen molar-refractivity contribution in [2.75, 3.05) is 37.7 Å². The van der Waals surface area contributed by atoms with Gasteiger partial charge < -0.3 is 16.0 Å². The highest BCUT2D eigenvalue weighted by Crippen LogP contribution is 2.35. The second-order valence-corrected chi connectivity index (χ2v) is 11.7. The van der Waals surface area contributed by atoms with Crippen LogP contribution in [0.5, 0.6) is 0 Å². The number of amides is 2. The second-order valence-electron chi connectivity index (χ2n) is 11.7. The lowest BCUT2D eigenvalue weighted by molar-refractivity contribution is -0.125. The summed E-state index contributed by atoms with van der Waals surface area (Å²) in [6, 6.07) is 13.1. The van der Waals surface area contributed by atoms with E-state index >= 15 is 0 Å². The minimum Gasteiger partial charge on any atom is -0.383 e. The van der Waals surface area contributed by atoms with E-state index in [4.69, 9.17) is 11.0 Å². The van der Waals surface area contributed by atoms with Crippen molar-refractivity contribution in [1.82, 2.24) is 24.8 Å². The number of nitrogens with one attached hydrogen (secondary N) is 1. The Labute approximate surface area is 258 Å². The van der Waals surface area contributed by atoms with E-state index in [0.717, 1.165) is 53.9 Å². The summed E-state index contributed by atoms with van der Waals surface area (Å²) in [6.07, 6.45) is 10.8. The molecule has 0 unspecified atom stereocenters. The molecule has 1 atom stereocenters. The Kier molecular flexibility index (Phi) is 9.46. The molecular formula is C34H38N8O2. The van der Waals surface area contributed by atoms with Gasteiger partial charge in [0.1, 0.15) is 18.0 Å². The Morgan fingerprint density at radius 2 is 1.89 bits per heavy atom. The molecule has 2 amide bonds. The number of carbonyl (C=O) groups excluding carboxylic acids is 2. The number of allylic oxidation sites excluding steroid dienone is 1. The van der Waals surface area contributed by atoms with Crippen LogP contribution < -0.4 is 11.1 Å². The quantitative estimate of drug-likeness (QED) is 0.327. The van der Waals surface area contributed by atoms with Crippen molar-refractivity contribution in [3.8, 4) is 6.07 Å². The predicted octanol–water partition coefficient (Wildman–Crippen LogP) is 4.60. The van der Waals surface area contributed by atoms with Gasteiger partial charge in [-0.25, -0.2) is 15.0 Å². The molecular weight excluding hydrogens is 552 g/mol. The van der Waals surface area contributed by atoms with E-state index in [2.05, 4.69) is 39.1 Å². The third-order valence-electron chi connectivity index (χ3n) is 8.33. The molecule has 1 aliphatic heterocycles. The minimum absolute atomic E-state index is 0.0681. The van der Waals surface area contributed by atoms with Gasteiger partial charge in [-0.05, 0) is 87.9 Å². The Balaban J connectivity index is 1.33. The van der Waals surface area contributed by atoms with Gasteiger partial charge in [-0.2, -0.15) is 5.26 Å². The summed E-state index contributed by atoms with van der Waals surface area (Å²) in [4.78, 5) is 42.8. The topological polar surface area (TPSA) is 141 Å². The van der Waals surface area contributed by atoms with Crippen molar-refractivity contribution in [2.24, 2.45) is 5.92 Å². The number of hydrogen-bond acceptors (Lipinski definition) is 8. The van der Waals surface area contributed by atoms with Crippen molar-refractivity contribution < 1.29 is 9.59 Å². The molecule has 3 N–H and O–H groups in total. The minimum atomic E-state index is -0.330. The zero-order valence-corrected chi connectivity index (χ0v) is 25.5. The largest absolute Gasteiger partial charge is 0.383 e. The summed E-state index contributed by atoms with van der Waals surface area (Å²) < 4.78 is 0. The van der Waals surface area contributed by atoms with Crippen LogP contribution in [0, 0.1) is 24.2 Å². The zero-order valence-electron chi connectivity index (χ0n) is 25.5. The fourth-order valence-electron chi connectivity index (χ4n) is 5.77. The number of nitriles is 1. The summed E-state index contributed by atoms with van der Waals surface area (Å²) in [5.74, 6) is 0.748. The number of nitrogens with two attached hydrogens (primary N) is 1. The highest BCUT2D eigenvalue weighted by Gasteiger charge is 2.28. The summed E-state index contributed by atoms with van der Waals surface area (Å²) >= 11 is 0. The Morgan fingerprint density at radius 3 is 2.59 bits per heavy atom. The van der Waals surface area contributed by atoms with Crippen LogP contribution in [0.3, 0.4) is 0 Å². The number of aromatic nitrogens is 3. The first-order valence-corrected chi connectivity index (χ1v) is 14.9. The van der Waals surface area contributed by atoms with E-state index in [0.29, 0.717) is 41.3 Å². The molecule has 0 radical (unpaired) electrons. The number of rotatable bonds is 10. The highest BCUT2D eigenvalue weighted by atomic mass is 16.2. The number of nitrogens with zero attached hydrogens (tertiary/aromatic N) is 6. The number of likely N-dealkylation sites (N-methyl/N-ethyl adjacent to an activating group) is 1. The Morgan fingerprint density at radius 1 is 1.14 bits per heavy atom. The number of benzene rings is 1. The monoisotopic (exact) mass is 590 g/mol. The molecule has 3 heterocycles. The van der Waals surface area contributed by atoms with Gasteiger partial charge >= 0.3 is 0 Å². The SMILES string of the molecule is C/C(C[C@@H]1CCN(C(=O)/C=C/CN(C)C2CC2)C1)=C(\c1ccc(C(=O)Nc2cc(C#N)ccn2)cc1)c1c(C)ncnc1N. The van der Waals surface area contributed by atoms with Gasteiger partial charge in [0, 0.05) is 49.1 Å². The first kappa shape index (κ1) is 30.6. The summed E-state index contributed by atoms with van der Waals surface area (Å²) in [6.45, 7) is 6.23. The lowest BCUT2D eigenvalue weighted by atomic mass is 9.88. The van der Waals surface area contributed by atoms with Gasteiger partial charge in [-0.15, -0.1) is 0 Å². The molecule has 44 heavy (non-hydrogen) atoms. The number of hydrogen-bond donors (Lipinski definition) is 2. The van der Waals surface area contributed by atoms with Crippen molar-refractivity contribution in [3.63, 3.8) is 0 Å². The standard InChI is InChI=1S/C34H38N8O2/c1-22(17-25-13-16-42(20-25)30(43)5-4-15-41(3)28-10-11-28)31(32-23(2)38-21-39-33(32)36)26-6-8-27(9-7-26)34(44)40-29-18-24(19-35)12-14-37-29/h4-9,12,14,18,21,25,28H,10-11,13,15-17,20H2,1-3H3,(H2,36,38,39)(H,37,40,44)/b5-4+,31-22-/t25-/m0/s1. The number of pyridine rings is 1. The molecule has 1 aliphatic carbocycles. The molecule has 0 spiro atoms. The molecule has 1 aromatic carbocycles. The third-order valence-corrected chi connectivity index (χ3v) is 8.33. The molecule has 2 aliphatic rings. The number of anilines is 2. The Hall–Kier alpha value is -4.88. The third kappa shape index (κ3) is 7.36. The maximum Gasteiger partial charge on any atom is 0.256 e. The molecule has 2 aromatic heterocycles. The van der Waals surface area contributed by atoms with Crippen molar-refractivity contribution in [3.05, 3.63) is 94.6 Å². The van der Waals surface area contributed by atoms with Crippen LogP contribution >= 0.6 is 0 Å². The van der Waals surface area contributed by atoms with Gasteiger partial charge in [-0.1, -0.05) is 23.8 Å². The average Bonchev–Trinajstić information content (AvgIpc) is 3.77. The normalized spacial score (nSPS) is 17.1. The van der Waals surface area contributed by atoms with E-state index in [1.807, 2.05) is 36.1 Å². The highest BCUT2D eigenvalue weighted by molar-refractivity contribution is 6.04. The lowest BCUT2D eigenvalue weighted by Gasteiger charge is -2.19. The van der Waals surface area contributed by atoms with E-state index in [9.17, 15) is 9.59 Å². The van der Waals surface area contributed by atoms with Gasteiger partial charge in [0.05, 0.1) is 17.3 Å². The van der Waals surface area contributed by atoms with Crippen molar-refractivity contribution in [1.29, 1.82) is 5.26 Å². The molecule has 3 aromatic rings. The second kappa shape index (κ2) is 13.6. The first-order chi connectivity index (χ1) is 21.2. The maximum absolute atomic E-state index is 12.9. The predicted molar refractivity (Wildman–Crippen MR) is 170 cm³/mol. The van der Waals surface area contributed by atoms with Crippen LogP contribution in [0.2, 0.25) is 0 Å². The number of nitrogen functional groups attached to an aromatic ring is 1. The van der Waals surface area contributed by atoms with E-state index in [1.54, 1.807) is 24.3 Å². The average molecular weight is 591 g/mol. The number of carbonyl (C=O) groups is 2. The van der Waals surface area contributed by atoms with Crippen LogP contribution in [0.25, 0.3) is 5.57 Å². The lowest BCUT2D eigenvalue weighted by Crippen LogP contribution is -2.27. The van der Waals surface area contributed by atoms with Gasteiger partial charge in [0.15, 0.2) is 0 Å². The molecule has 1 saturated heterocycles. The molecule has 5 rings (SSSR count). The van der Waals surface area contributed by atoms with Crippen LogP contribution in [0.15, 0.2) is 66.6 Å². The fraction of sp³-hybridized carbons (Fsp3) is 0.353. The molecule has 226 valence electrons. The number of likely N-dealkylation sites (tertiary alicyclic amines) is 1. The van der Waals surface area contributed by atoms with Crippen LogP contribution in [-0.4, -0.2) is 69.3 Å². The van der Waals surface area contributed by atoms with Crippen molar-refractivity contribution >= 4 is 29.0 Å². The fourth-order valence-corrected chi connectivity index (χ4v) is 5.77. The van der Waals surface area contributed by atoms with Gasteiger partial charge in [0.25, 0.3) is 5.91 Å². The molecule has 1 saturated carbocycles.